The lowest BCUT2D eigenvalue weighted by Gasteiger charge is -2.16. The van der Waals surface area contributed by atoms with Gasteiger partial charge in [0.15, 0.2) is 0 Å². The zero-order chi connectivity index (χ0) is 16.8. The van der Waals surface area contributed by atoms with Crippen molar-refractivity contribution in [2.75, 3.05) is 18.9 Å². The molecule has 0 radical (unpaired) electrons. The molecule has 0 bridgehead atoms. The number of hydrogen-bond acceptors (Lipinski definition) is 4. The number of nitrogens with zero attached hydrogens (tertiary/aromatic N) is 3. The third-order valence-corrected chi connectivity index (χ3v) is 3.74. The Morgan fingerprint density at radius 3 is 2.74 bits per heavy atom. The second-order valence-corrected chi connectivity index (χ2v) is 5.81. The fraction of sp³-hybridized carbons (Fsp3) is 0.389. The van der Waals surface area contributed by atoms with E-state index >= 15 is 0 Å². The zero-order valence-electron chi connectivity index (χ0n) is 14.3. The highest BCUT2D eigenvalue weighted by molar-refractivity contribution is 5.92. The Morgan fingerprint density at radius 1 is 1.22 bits per heavy atom. The molecule has 5 nitrogen and oxygen atoms in total. The van der Waals surface area contributed by atoms with Crippen LogP contribution >= 0.6 is 0 Å². The van der Waals surface area contributed by atoms with Crippen LogP contribution in [-0.4, -0.2) is 34.4 Å². The van der Waals surface area contributed by atoms with Gasteiger partial charge in [-0.15, -0.1) is 0 Å². The first-order valence-corrected chi connectivity index (χ1v) is 7.93. The zero-order valence-corrected chi connectivity index (χ0v) is 14.3. The number of nitrogens with one attached hydrogen (secondary N) is 1. The first-order chi connectivity index (χ1) is 11.0. The van der Waals surface area contributed by atoms with E-state index < -0.39 is 0 Å². The van der Waals surface area contributed by atoms with Crippen molar-refractivity contribution in [3.05, 3.63) is 47.4 Å². The molecule has 5 heteroatoms. The number of rotatable bonds is 6. The van der Waals surface area contributed by atoms with Gasteiger partial charge in [0, 0.05) is 25.3 Å². The average Bonchev–Trinajstić information content (AvgIpc) is 2.55. The summed E-state index contributed by atoms with van der Waals surface area (Å²) in [4.78, 5) is 22.4. The summed E-state index contributed by atoms with van der Waals surface area (Å²) in [5, 5.41) is 3.27. The summed E-state index contributed by atoms with van der Waals surface area (Å²) in [5.74, 6) is 0.547. The predicted octanol–water partition coefficient (Wildman–Crippen LogP) is 3.71. The van der Waals surface area contributed by atoms with E-state index in [4.69, 9.17) is 0 Å². The van der Waals surface area contributed by atoms with Crippen molar-refractivity contribution >= 4 is 17.4 Å². The van der Waals surface area contributed by atoms with Crippen molar-refractivity contribution in [3.63, 3.8) is 0 Å². The summed E-state index contributed by atoms with van der Waals surface area (Å²) in [7, 11) is 1.80. The van der Waals surface area contributed by atoms with Gasteiger partial charge in [-0.1, -0.05) is 25.5 Å². The van der Waals surface area contributed by atoms with Crippen LogP contribution in [0.15, 0.2) is 30.6 Å². The number of unbranched alkanes of at least 4 members (excludes halogenated alkanes) is 1. The molecular formula is C18H24N4O. The van der Waals surface area contributed by atoms with Crippen LogP contribution in [0.1, 0.15) is 41.4 Å². The van der Waals surface area contributed by atoms with Gasteiger partial charge in [0.1, 0.15) is 17.8 Å². The molecule has 1 aromatic carbocycles. The van der Waals surface area contributed by atoms with Crippen LogP contribution in [0, 0.1) is 13.8 Å². The van der Waals surface area contributed by atoms with Gasteiger partial charge in [-0.2, -0.15) is 0 Å². The minimum atomic E-state index is -0.0788. The standard InChI is InChI=1S/C18H24N4O/c1-5-6-9-22(4)18(23)16-11-17(20-12-19-16)21-15-10-13(2)7-8-14(15)3/h7-8,10-12H,5-6,9H2,1-4H3,(H,19,20,21). The van der Waals surface area contributed by atoms with E-state index in [1.165, 1.54) is 11.9 Å². The number of benzene rings is 1. The largest absolute Gasteiger partial charge is 0.340 e. The van der Waals surface area contributed by atoms with Crippen LogP contribution in [0.5, 0.6) is 0 Å². The molecule has 1 amide bonds. The molecule has 1 N–H and O–H groups in total. The Bertz CT molecular complexity index is 684. The first kappa shape index (κ1) is 16.9. The number of aryl methyl sites for hydroxylation is 2. The summed E-state index contributed by atoms with van der Waals surface area (Å²) in [6.45, 7) is 6.92. The summed E-state index contributed by atoms with van der Waals surface area (Å²) < 4.78 is 0. The number of hydrogen-bond donors (Lipinski definition) is 1. The van der Waals surface area contributed by atoms with Gasteiger partial charge in [-0.05, 0) is 37.5 Å². The molecule has 0 aliphatic rings. The summed E-state index contributed by atoms with van der Waals surface area (Å²) in [6.07, 6.45) is 3.47. The molecule has 0 unspecified atom stereocenters. The molecule has 122 valence electrons. The van der Waals surface area contributed by atoms with Gasteiger partial charge in [0.05, 0.1) is 0 Å². The normalized spacial score (nSPS) is 10.4. The van der Waals surface area contributed by atoms with Gasteiger partial charge in [-0.3, -0.25) is 4.79 Å². The molecule has 0 fully saturated rings. The average molecular weight is 312 g/mol. The van der Waals surface area contributed by atoms with Crippen molar-refractivity contribution in [1.29, 1.82) is 0 Å². The molecule has 23 heavy (non-hydrogen) atoms. The smallest absolute Gasteiger partial charge is 0.272 e. The second-order valence-electron chi connectivity index (χ2n) is 5.81. The van der Waals surface area contributed by atoms with Crippen LogP contribution in [0.2, 0.25) is 0 Å². The van der Waals surface area contributed by atoms with Crippen LogP contribution in [0.25, 0.3) is 0 Å². The molecular weight excluding hydrogens is 288 g/mol. The predicted molar refractivity (Wildman–Crippen MR) is 93.1 cm³/mol. The Morgan fingerprint density at radius 2 is 2.00 bits per heavy atom. The number of carbonyl (C=O) groups excluding carboxylic acids is 1. The molecule has 1 heterocycles. The minimum absolute atomic E-state index is 0.0788. The highest BCUT2D eigenvalue weighted by atomic mass is 16.2. The van der Waals surface area contributed by atoms with Crippen molar-refractivity contribution < 1.29 is 4.79 Å². The van der Waals surface area contributed by atoms with Gasteiger partial charge in [0.25, 0.3) is 5.91 Å². The Kier molecular flexibility index (Phi) is 5.68. The summed E-state index contributed by atoms with van der Waals surface area (Å²) >= 11 is 0. The number of carbonyl (C=O) groups is 1. The third-order valence-electron chi connectivity index (χ3n) is 3.74. The highest BCUT2D eigenvalue weighted by Crippen LogP contribution is 2.20. The van der Waals surface area contributed by atoms with E-state index in [0.29, 0.717) is 11.5 Å². The Hall–Kier alpha value is -2.43. The number of anilines is 2. The molecule has 0 spiro atoms. The van der Waals surface area contributed by atoms with Crippen molar-refractivity contribution in [1.82, 2.24) is 14.9 Å². The number of amides is 1. The van der Waals surface area contributed by atoms with E-state index in [1.54, 1.807) is 18.0 Å². The van der Waals surface area contributed by atoms with Crippen LogP contribution < -0.4 is 5.32 Å². The van der Waals surface area contributed by atoms with Gasteiger partial charge in [0.2, 0.25) is 0 Å². The maximum Gasteiger partial charge on any atom is 0.272 e. The quantitative estimate of drug-likeness (QED) is 0.883. The lowest BCUT2D eigenvalue weighted by Crippen LogP contribution is -2.28. The van der Waals surface area contributed by atoms with Gasteiger partial charge in [-0.25, -0.2) is 9.97 Å². The van der Waals surface area contributed by atoms with E-state index in [0.717, 1.165) is 30.6 Å². The fourth-order valence-corrected chi connectivity index (χ4v) is 2.24. The van der Waals surface area contributed by atoms with E-state index in [-0.39, 0.29) is 5.91 Å². The molecule has 0 aliphatic carbocycles. The molecule has 2 rings (SSSR count). The lowest BCUT2D eigenvalue weighted by atomic mass is 10.1. The van der Waals surface area contributed by atoms with Gasteiger partial charge < -0.3 is 10.2 Å². The topological polar surface area (TPSA) is 58.1 Å². The molecule has 0 aliphatic heterocycles. The molecule has 0 saturated heterocycles. The van der Waals surface area contributed by atoms with Crippen molar-refractivity contribution in [3.8, 4) is 0 Å². The van der Waals surface area contributed by atoms with Crippen molar-refractivity contribution in [2.24, 2.45) is 0 Å². The molecule has 0 saturated carbocycles. The first-order valence-electron chi connectivity index (χ1n) is 7.93. The SMILES string of the molecule is CCCCN(C)C(=O)c1cc(Nc2cc(C)ccc2C)ncn1. The molecule has 1 aromatic heterocycles. The highest BCUT2D eigenvalue weighted by Gasteiger charge is 2.13. The summed E-state index contributed by atoms with van der Waals surface area (Å²) in [6, 6.07) is 7.89. The second kappa shape index (κ2) is 7.72. The molecule has 0 atom stereocenters. The van der Waals surface area contributed by atoms with Crippen LogP contribution in [0.3, 0.4) is 0 Å². The van der Waals surface area contributed by atoms with Crippen LogP contribution in [-0.2, 0) is 0 Å². The van der Waals surface area contributed by atoms with E-state index in [1.807, 2.05) is 13.8 Å². The molecule has 2 aromatic rings. The van der Waals surface area contributed by atoms with E-state index in [9.17, 15) is 4.79 Å². The monoisotopic (exact) mass is 312 g/mol. The lowest BCUT2D eigenvalue weighted by molar-refractivity contribution is 0.0787. The van der Waals surface area contributed by atoms with Gasteiger partial charge >= 0.3 is 0 Å². The minimum Gasteiger partial charge on any atom is -0.340 e. The Labute approximate surface area is 137 Å². The Balaban J connectivity index is 2.16. The third kappa shape index (κ3) is 4.52. The number of aromatic nitrogens is 2. The van der Waals surface area contributed by atoms with Crippen LogP contribution in [0.4, 0.5) is 11.5 Å². The van der Waals surface area contributed by atoms with E-state index in [2.05, 4.69) is 40.4 Å². The maximum atomic E-state index is 12.4. The van der Waals surface area contributed by atoms with Crippen molar-refractivity contribution in [2.45, 2.75) is 33.6 Å². The fourth-order valence-electron chi connectivity index (χ4n) is 2.24. The maximum absolute atomic E-state index is 12.4. The summed E-state index contributed by atoms with van der Waals surface area (Å²) in [5.41, 5.74) is 3.69.